The van der Waals surface area contributed by atoms with E-state index in [2.05, 4.69) is 4.90 Å². The molecular formula is C18H25F2N3O. The van der Waals surface area contributed by atoms with Crippen molar-refractivity contribution < 1.29 is 13.6 Å². The number of alkyl halides is 2. The largest absolute Gasteiger partial charge is 0.398 e. The highest BCUT2D eigenvalue weighted by atomic mass is 19.3. The van der Waals surface area contributed by atoms with Crippen molar-refractivity contribution in [3.63, 3.8) is 0 Å². The Bertz CT molecular complexity index is 609. The molecule has 2 N–H and O–H groups in total. The Morgan fingerprint density at radius 1 is 1.25 bits per heavy atom. The highest BCUT2D eigenvalue weighted by Crippen LogP contribution is 2.29. The summed E-state index contributed by atoms with van der Waals surface area (Å²) in [5, 5.41) is 0. The van der Waals surface area contributed by atoms with Crippen molar-refractivity contribution >= 4 is 11.6 Å². The summed E-state index contributed by atoms with van der Waals surface area (Å²) in [6.07, 6.45) is 0.705. The topological polar surface area (TPSA) is 49.6 Å². The van der Waals surface area contributed by atoms with Crippen molar-refractivity contribution in [1.29, 1.82) is 0 Å². The van der Waals surface area contributed by atoms with Crippen LogP contribution in [0.5, 0.6) is 0 Å². The lowest BCUT2D eigenvalue weighted by Gasteiger charge is -2.38. The molecule has 0 spiro atoms. The summed E-state index contributed by atoms with van der Waals surface area (Å²) in [5.74, 6) is 0.530. The Labute approximate surface area is 141 Å². The van der Waals surface area contributed by atoms with E-state index in [9.17, 15) is 13.6 Å². The van der Waals surface area contributed by atoms with Gasteiger partial charge in [0, 0.05) is 49.9 Å². The van der Waals surface area contributed by atoms with Gasteiger partial charge in [-0.3, -0.25) is 9.69 Å². The number of carbonyl (C=O) groups excluding carboxylic acids is 1. The highest BCUT2D eigenvalue weighted by Gasteiger charge is 2.31. The molecule has 2 fully saturated rings. The van der Waals surface area contributed by atoms with Gasteiger partial charge in [-0.2, -0.15) is 0 Å². The van der Waals surface area contributed by atoms with E-state index in [0.717, 1.165) is 56.6 Å². The molecule has 0 atom stereocenters. The van der Waals surface area contributed by atoms with E-state index in [1.807, 2.05) is 11.8 Å². The second-order valence-corrected chi connectivity index (χ2v) is 6.92. The van der Waals surface area contributed by atoms with Gasteiger partial charge in [-0.1, -0.05) is 6.42 Å². The average Bonchev–Trinajstić information content (AvgIpc) is 2.50. The van der Waals surface area contributed by atoms with Crippen molar-refractivity contribution in [3.8, 4) is 0 Å². The van der Waals surface area contributed by atoms with Crippen molar-refractivity contribution in [2.24, 2.45) is 5.92 Å². The second-order valence-electron chi connectivity index (χ2n) is 6.92. The molecule has 24 heavy (non-hydrogen) atoms. The maximum atomic E-state index is 13.0. The van der Waals surface area contributed by atoms with E-state index in [1.54, 1.807) is 6.07 Å². The Morgan fingerprint density at radius 3 is 2.46 bits per heavy atom. The van der Waals surface area contributed by atoms with Crippen LogP contribution in [0.3, 0.4) is 0 Å². The number of piperazine rings is 1. The first-order valence-corrected chi connectivity index (χ1v) is 8.64. The van der Waals surface area contributed by atoms with E-state index in [0.29, 0.717) is 18.1 Å². The van der Waals surface area contributed by atoms with E-state index in [4.69, 9.17) is 5.73 Å². The van der Waals surface area contributed by atoms with Gasteiger partial charge in [0.05, 0.1) is 0 Å². The van der Waals surface area contributed by atoms with Gasteiger partial charge >= 0.3 is 0 Å². The van der Waals surface area contributed by atoms with Crippen molar-refractivity contribution in [2.75, 3.05) is 31.9 Å². The standard InChI is InChI=1S/C18H25F2N3O/c1-12-15(9-14(17(19)20)10-16(12)21)11-22-5-7-23(8-6-22)18(24)13-3-2-4-13/h9-10,13,17H,2-8,11,21H2,1H3. The van der Waals surface area contributed by atoms with Crippen LogP contribution in [0.4, 0.5) is 14.5 Å². The van der Waals surface area contributed by atoms with Gasteiger partial charge in [-0.05, 0) is 43.0 Å². The zero-order valence-electron chi connectivity index (χ0n) is 14.1. The minimum Gasteiger partial charge on any atom is -0.398 e. The smallest absolute Gasteiger partial charge is 0.263 e. The fourth-order valence-electron chi connectivity index (χ4n) is 3.40. The maximum Gasteiger partial charge on any atom is 0.263 e. The van der Waals surface area contributed by atoms with Gasteiger partial charge < -0.3 is 10.6 Å². The molecule has 6 heteroatoms. The normalized spacial score (nSPS) is 19.6. The first-order valence-electron chi connectivity index (χ1n) is 8.64. The molecule has 1 aromatic carbocycles. The third-order valence-electron chi connectivity index (χ3n) is 5.36. The molecule has 1 aromatic rings. The van der Waals surface area contributed by atoms with E-state index < -0.39 is 6.43 Å². The van der Waals surface area contributed by atoms with Crippen LogP contribution in [0.15, 0.2) is 12.1 Å². The predicted octanol–water partition coefficient (Wildman–Crippen LogP) is 2.96. The number of hydrogen-bond donors (Lipinski definition) is 1. The van der Waals surface area contributed by atoms with E-state index in [1.165, 1.54) is 6.07 Å². The molecule has 0 unspecified atom stereocenters. The molecule has 0 bridgehead atoms. The molecule has 4 nitrogen and oxygen atoms in total. The molecule has 1 amide bonds. The van der Waals surface area contributed by atoms with Crippen molar-refractivity contribution in [3.05, 3.63) is 28.8 Å². The van der Waals surface area contributed by atoms with Gasteiger partial charge in [0.1, 0.15) is 0 Å². The van der Waals surface area contributed by atoms with Crippen molar-refractivity contribution in [1.82, 2.24) is 9.80 Å². The van der Waals surface area contributed by atoms with Crippen molar-refractivity contribution in [2.45, 2.75) is 39.2 Å². The summed E-state index contributed by atoms with van der Waals surface area (Å²) in [5.41, 5.74) is 7.99. The van der Waals surface area contributed by atoms with E-state index >= 15 is 0 Å². The molecular weight excluding hydrogens is 312 g/mol. The summed E-state index contributed by atoms with van der Waals surface area (Å²) >= 11 is 0. The lowest BCUT2D eigenvalue weighted by atomic mass is 9.84. The van der Waals surface area contributed by atoms with Crippen LogP contribution in [0.1, 0.15) is 42.4 Å². The SMILES string of the molecule is Cc1c(N)cc(C(F)F)cc1CN1CCN(C(=O)C2CCC2)CC1. The minimum atomic E-state index is -2.51. The van der Waals surface area contributed by atoms with Crippen LogP contribution in [0.2, 0.25) is 0 Å². The van der Waals surface area contributed by atoms with Gasteiger partial charge in [0.15, 0.2) is 0 Å². The molecule has 1 aliphatic carbocycles. The average molecular weight is 337 g/mol. The first kappa shape index (κ1) is 17.1. The molecule has 2 aliphatic rings. The summed E-state index contributed by atoms with van der Waals surface area (Å²) in [7, 11) is 0. The van der Waals surface area contributed by atoms with Crippen LogP contribution in [0, 0.1) is 12.8 Å². The number of nitrogen functional groups attached to an aromatic ring is 1. The highest BCUT2D eigenvalue weighted by molar-refractivity contribution is 5.79. The molecule has 1 saturated heterocycles. The molecule has 1 saturated carbocycles. The second kappa shape index (κ2) is 7.05. The molecule has 132 valence electrons. The Hall–Kier alpha value is -1.69. The fraction of sp³-hybridized carbons (Fsp3) is 0.611. The summed E-state index contributed by atoms with van der Waals surface area (Å²) in [6, 6.07) is 2.92. The predicted molar refractivity (Wildman–Crippen MR) is 89.7 cm³/mol. The molecule has 1 aliphatic heterocycles. The molecule has 3 rings (SSSR count). The number of carbonyl (C=O) groups is 1. The number of hydrogen-bond acceptors (Lipinski definition) is 3. The maximum absolute atomic E-state index is 13.0. The zero-order valence-corrected chi connectivity index (χ0v) is 14.1. The number of rotatable bonds is 4. The summed E-state index contributed by atoms with van der Waals surface area (Å²) in [4.78, 5) is 16.4. The monoisotopic (exact) mass is 337 g/mol. The third kappa shape index (κ3) is 3.53. The van der Waals surface area contributed by atoms with E-state index in [-0.39, 0.29) is 11.5 Å². The van der Waals surface area contributed by atoms with Crippen LogP contribution >= 0.6 is 0 Å². The fourth-order valence-corrected chi connectivity index (χ4v) is 3.40. The number of halogens is 2. The van der Waals surface area contributed by atoms with Gasteiger partial charge in [-0.15, -0.1) is 0 Å². The number of benzene rings is 1. The van der Waals surface area contributed by atoms with Gasteiger partial charge in [0.2, 0.25) is 5.91 Å². The van der Waals surface area contributed by atoms with Crippen LogP contribution < -0.4 is 5.73 Å². The van der Waals surface area contributed by atoms with Gasteiger partial charge in [0.25, 0.3) is 6.43 Å². The Balaban J connectivity index is 1.60. The number of nitrogens with zero attached hydrogens (tertiary/aromatic N) is 2. The van der Waals surface area contributed by atoms with Crippen LogP contribution in [-0.2, 0) is 11.3 Å². The molecule has 1 heterocycles. The quantitative estimate of drug-likeness (QED) is 0.860. The minimum absolute atomic E-state index is 0.0214. The lowest BCUT2D eigenvalue weighted by molar-refractivity contribution is -0.140. The zero-order chi connectivity index (χ0) is 17.3. The number of anilines is 1. The van der Waals surface area contributed by atoms with Crippen LogP contribution in [-0.4, -0.2) is 41.9 Å². The molecule has 0 aromatic heterocycles. The number of amides is 1. The summed E-state index contributed by atoms with van der Waals surface area (Å²) in [6.45, 7) is 5.46. The Kier molecular flexibility index (Phi) is 5.04. The number of nitrogens with two attached hydrogens (primary N) is 1. The van der Waals surface area contributed by atoms with Gasteiger partial charge in [-0.25, -0.2) is 8.78 Å². The molecule has 0 radical (unpaired) electrons. The Morgan fingerprint density at radius 2 is 1.92 bits per heavy atom. The third-order valence-corrected chi connectivity index (χ3v) is 5.36. The lowest BCUT2D eigenvalue weighted by Crippen LogP contribution is -2.50. The first-order chi connectivity index (χ1) is 11.5. The summed E-state index contributed by atoms with van der Waals surface area (Å²) < 4.78 is 26.0. The van der Waals surface area contributed by atoms with Crippen LogP contribution in [0.25, 0.3) is 0 Å².